The Morgan fingerprint density at radius 1 is 1.35 bits per heavy atom. The third-order valence-electron chi connectivity index (χ3n) is 4.22. The molecule has 1 unspecified atom stereocenters. The zero-order valence-corrected chi connectivity index (χ0v) is 12.6. The molecule has 1 aliphatic heterocycles. The molecule has 1 aromatic rings. The van der Waals surface area contributed by atoms with E-state index in [0.717, 1.165) is 43.3 Å². The molecule has 1 saturated heterocycles. The molecular formula is C15H26N4O. The summed E-state index contributed by atoms with van der Waals surface area (Å²) in [4.78, 5) is 6.95. The molecule has 1 atom stereocenters. The molecule has 0 amide bonds. The summed E-state index contributed by atoms with van der Waals surface area (Å²) < 4.78 is 5.28. The number of likely N-dealkylation sites (tertiary alicyclic amines) is 1. The average Bonchev–Trinajstić information content (AvgIpc) is 3.15. The molecular weight excluding hydrogens is 252 g/mol. The molecule has 2 fully saturated rings. The van der Waals surface area contributed by atoms with E-state index in [-0.39, 0.29) is 0 Å². The predicted molar refractivity (Wildman–Crippen MR) is 77.4 cm³/mol. The zero-order valence-electron chi connectivity index (χ0n) is 12.6. The summed E-state index contributed by atoms with van der Waals surface area (Å²) in [5.74, 6) is 2.68. The lowest BCUT2D eigenvalue weighted by Gasteiger charge is -2.32. The van der Waals surface area contributed by atoms with Crippen LogP contribution in [-0.4, -0.2) is 40.7 Å². The third-order valence-corrected chi connectivity index (χ3v) is 4.22. The molecule has 0 aromatic carbocycles. The molecule has 0 spiro atoms. The molecule has 2 aliphatic rings. The molecule has 1 saturated carbocycles. The summed E-state index contributed by atoms with van der Waals surface area (Å²) in [5, 5.41) is 7.75. The number of rotatable bonds is 6. The molecule has 1 N–H and O–H groups in total. The van der Waals surface area contributed by atoms with Crippen molar-refractivity contribution in [2.75, 3.05) is 19.6 Å². The highest BCUT2D eigenvalue weighted by Crippen LogP contribution is 2.22. The fourth-order valence-electron chi connectivity index (χ4n) is 2.85. The quantitative estimate of drug-likeness (QED) is 0.864. The second kappa shape index (κ2) is 6.22. The van der Waals surface area contributed by atoms with E-state index in [1.807, 2.05) is 0 Å². The summed E-state index contributed by atoms with van der Waals surface area (Å²) >= 11 is 0. The van der Waals surface area contributed by atoms with Gasteiger partial charge < -0.3 is 9.84 Å². The van der Waals surface area contributed by atoms with Crippen molar-refractivity contribution in [2.24, 2.45) is 5.92 Å². The lowest BCUT2D eigenvalue weighted by atomic mass is 9.98. The van der Waals surface area contributed by atoms with Crippen molar-refractivity contribution in [2.45, 2.75) is 58.0 Å². The average molecular weight is 278 g/mol. The van der Waals surface area contributed by atoms with Gasteiger partial charge in [0.15, 0.2) is 5.82 Å². The molecule has 2 heterocycles. The first-order chi connectivity index (χ1) is 9.70. The van der Waals surface area contributed by atoms with E-state index >= 15 is 0 Å². The third kappa shape index (κ3) is 3.79. The van der Waals surface area contributed by atoms with Crippen LogP contribution in [0.5, 0.6) is 0 Å². The Kier molecular flexibility index (Phi) is 4.36. The maximum atomic E-state index is 5.28. The van der Waals surface area contributed by atoms with Gasteiger partial charge in [-0.15, -0.1) is 0 Å². The Morgan fingerprint density at radius 3 is 2.90 bits per heavy atom. The molecule has 20 heavy (non-hydrogen) atoms. The van der Waals surface area contributed by atoms with Crippen LogP contribution in [0.4, 0.5) is 0 Å². The van der Waals surface area contributed by atoms with Crippen LogP contribution < -0.4 is 5.32 Å². The maximum Gasteiger partial charge on any atom is 0.229 e. The van der Waals surface area contributed by atoms with Crippen LogP contribution in [0.15, 0.2) is 4.52 Å². The molecule has 3 rings (SSSR count). The lowest BCUT2D eigenvalue weighted by Crippen LogP contribution is -2.39. The Labute approximate surface area is 121 Å². The summed E-state index contributed by atoms with van der Waals surface area (Å²) in [6.07, 6.45) is 5.38. The highest BCUT2D eigenvalue weighted by molar-refractivity contribution is 4.91. The molecule has 1 aliphatic carbocycles. The van der Waals surface area contributed by atoms with Crippen LogP contribution in [0.2, 0.25) is 0 Å². The minimum Gasteiger partial charge on any atom is -0.339 e. The molecule has 0 radical (unpaired) electrons. The number of aromatic nitrogens is 2. The van der Waals surface area contributed by atoms with Crippen molar-refractivity contribution >= 4 is 0 Å². The van der Waals surface area contributed by atoms with Crippen molar-refractivity contribution in [1.29, 1.82) is 0 Å². The van der Waals surface area contributed by atoms with Gasteiger partial charge in [-0.3, -0.25) is 4.90 Å². The SMILES string of the molecule is CC(C)c1nc(CN2CCCC(CNC3CC3)C2)no1. The Balaban J connectivity index is 1.48. The van der Waals surface area contributed by atoms with Crippen molar-refractivity contribution in [3.8, 4) is 0 Å². The smallest absolute Gasteiger partial charge is 0.229 e. The largest absolute Gasteiger partial charge is 0.339 e. The topological polar surface area (TPSA) is 54.2 Å². The van der Waals surface area contributed by atoms with E-state index in [1.54, 1.807) is 0 Å². The molecule has 0 bridgehead atoms. The van der Waals surface area contributed by atoms with Gasteiger partial charge >= 0.3 is 0 Å². The molecule has 5 nitrogen and oxygen atoms in total. The highest BCUT2D eigenvalue weighted by atomic mass is 16.5. The minimum atomic E-state index is 0.313. The van der Waals surface area contributed by atoms with Crippen LogP contribution in [0, 0.1) is 5.92 Å². The first-order valence-electron chi connectivity index (χ1n) is 7.99. The van der Waals surface area contributed by atoms with Crippen LogP contribution >= 0.6 is 0 Å². The van der Waals surface area contributed by atoms with E-state index < -0.39 is 0 Å². The molecule has 1 aromatic heterocycles. The number of nitrogens with zero attached hydrogens (tertiary/aromatic N) is 3. The van der Waals surface area contributed by atoms with E-state index in [4.69, 9.17) is 4.52 Å². The first kappa shape index (κ1) is 14.0. The molecule has 112 valence electrons. The van der Waals surface area contributed by atoms with Crippen LogP contribution in [0.3, 0.4) is 0 Å². The van der Waals surface area contributed by atoms with Crippen molar-refractivity contribution < 1.29 is 4.52 Å². The highest BCUT2D eigenvalue weighted by Gasteiger charge is 2.25. The van der Waals surface area contributed by atoms with Crippen LogP contribution in [0.1, 0.15) is 57.2 Å². The Morgan fingerprint density at radius 2 is 2.20 bits per heavy atom. The fourth-order valence-corrected chi connectivity index (χ4v) is 2.85. The molecule has 5 heteroatoms. The Bertz CT molecular complexity index is 427. The lowest BCUT2D eigenvalue weighted by molar-refractivity contribution is 0.160. The summed E-state index contributed by atoms with van der Waals surface area (Å²) in [6.45, 7) is 8.48. The zero-order chi connectivity index (χ0) is 13.9. The Hall–Kier alpha value is -0.940. The van der Waals surface area contributed by atoms with E-state index in [0.29, 0.717) is 5.92 Å². The predicted octanol–water partition coefficient (Wildman–Crippen LogP) is 2.16. The van der Waals surface area contributed by atoms with Gasteiger partial charge in [0.25, 0.3) is 0 Å². The first-order valence-corrected chi connectivity index (χ1v) is 7.99. The normalized spacial score (nSPS) is 24.4. The van der Waals surface area contributed by atoms with Gasteiger partial charge in [-0.05, 0) is 44.7 Å². The second-order valence-electron chi connectivity index (χ2n) is 6.63. The van der Waals surface area contributed by atoms with Gasteiger partial charge in [-0.2, -0.15) is 4.98 Å². The van der Waals surface area contributed by atoms with E-state index in [1.165, 1.54) is 32.2 Å². The summed E-state index contributed by atoms with van der Waals surface area (Å²) in [6, 6.07) is 0.816. The van der Waals surface area contributed by atoms with Crippen LogP contribution in [-0.2, 0) is 6.54 Å². The second-order valence-corrected chi connectivity index (χ2v) is 6.63. The van der Waals surface area contributed by atoms with E-state index in [2.05, 4.69) is 34.2 Å². The van der Waals surface area contributed by atoms with Crippen molar-refractivity contribution in [3.63, 3.8) is 0 Å². The number of hydrogen-bond donors (Lipinski definition) is 1. The van der Waals surface area contributed by atoms with Crippen molar-refractivity contribution in [3.05, 3.63) is 11.7 Å². The van der Waals surface area contributed by atoms with E-state index in [9.17, 15) is 0 Å². The monoisotopic (exact) mass is 278 g/mol. The summed E-state index contributed by atoms with van der Waals surface area (Å²) in [5.41, 5.74) is 0. The standard InChI is InChI=1S/C15H26N4O/c1-11(2)15-17-14(18-20-15)10-19-7-3-4-12(9-19)8-16-13-5-6-13/h11-13,16H,3-10H2,1-2H3. The minimum absolute atomic E-state index is 0.313. The van der Waals surface area contributed by atoms with Gasteiger partial charge in [-0.1, -0.05) is 19.0 Å². The fraction of sp³-hybridized carbons (Fsp3) is 0.867. The van der Waals surface area contributed by atoms with Gasteiger partial charge in [-0.25, -0.2) is 0 Å². The number of piperidine rings is 1. The van der Waals surface area contributed by atoms with Gasteiger partial charge in [0, 0.05) is 18.5 Å². The number of nitrogens with one attached hydrogen (secondary N) is 1. The summed E-state index contributed by atoms with van der Waals surface area (Å²) in [7, 11) is 0. The van der Waals surface area contributed by atoms with Gasteiger partial charge in [0.2, 0.25) is 5.89 Å². The number of hydrogen-bond acceptors (Lipinski definition) is 5. The van der Waals surface area contributed by atoms with Crippen molar-refractivity contribution in [1.82, 2.24) is 20.4 Å². The maximum absolute atomic E-state index is 5.28. The van der Waals surface area contributed by atoms with Crippen LogP contribution in [0.25, 0.3) is 0 Å². The van der Waals surface area contributed by atoms with Gasteiger partial charge in [0.05, 0.1) is 6.54 Å². The van der Waals surface area contributed by atoms with Gasteiger partial charge in [0.1, 0.15) is 0 Å².